The first kappa shape index (κ1) is 33.0. The molecule has 1 fully saturated rings. The van der Waals surface area contributed by atoms with Crippen LogP contribution in [0, 0.1) is 35.5 Å². The highest BCUT2D eigenvalue weighted by Crippen LogP contribution is 2.31. The summed E-state index contributed by atoms with van der Waals surface area (Å²) in [5.74, 6) is 2.96. The maximum atomic E-state index is 12.4. The standard InChI is InChI=1S/C32H60O4/c1-7-15-25(3)27(5)17-11-9-13-23-35-31(33)29-19-21-30(22-20-29)32(34)36-24-14-10-12-18-28(6)26(4)16-8-2/h25-30H,7-24H2,1-6H3. The number of rotatable bonds is 20. The van der Waals surface area contributed by atoms with Crippen molar-refractivity contribution in [1.82, 2.24) is 0 Å². The van der Waals surface area contributed by atoms with Crippen LogP contribution in [-0.4, -0.2) is 25.2 Å². The van der Waals surface area contributed by atoms with E-state index in [1.807, 2.05) is 0 Å². The molecule has 1 saturated carbocycles. The molecule has 0 aromatic rings. The van der Waals surface area contributed by atoms with E-state index in [9.17, 15) is 9.59 Å². The molecule has 0 heterocycles. The van der Waals surface area contributed by atoms with Crippen LogP contribution >= 0.6 is 0 Å². The molecule has 1 aliphatic carbocycles. The predicted octanol–water partition coefficient (Wildman–Crippen LogP) is 9.14. The highest BCUT2D eigenvalue weighted by atomic mass is 16.5. The Morgan fingerprint density at radius 3 is 1.22 bits per heavy atom. The minimum atomic E-state index is -0.0609. The third-order valence-corrected chi connectivity index (χ3v) is 8.92. The minimum Gasteiger partial charge on any atom is -0.465 e. The van der Waals surface area contributed by atoms with Crippen molar-refractivity contribution in [3.63, 3.8) is 0 Å². The number of hydrogen-bond donors (Lipinski definition) is 0. The van der Waals surface area contributed by atoms with Crippen molar-refractivity contribution in [2.75, 3.05) is 13.2 Å². The first-order valence-electron chi connectivity index (χ1n) is 15.6. The van der Waals surface area contributed by atoms with Gasteiger partial charge in [0.15, 0.2) is 0 Å². The first-order chi connectivity index (χ1) is 17.3. The normalized spacial score (nSPS) is 21.4. The maximum absolute atomic E-state index is 12.4. The molecule has 1 rings (SSSR count). The molecule has 0 aromatic heterocycles. The second-order valence-electron chi connectivity index (χ2n) is 12.1. The zero-order chi connectivity index (χ0) is 26.8. The van der Waals surface area contributed by atoms with Crippen LogP contribution in [0.2, 0.25) is 0 Å². The Morgan fingerprint density at radius 1 is 0.556 bits per heavy atom. The van der Waals surface area contributed by atoms with Crippen LogP contribution in [0.4, 0.5) is 0 Å². The summed E-state index contributed by atoms with van der Waals surface area (Å²) >= 11 is 0. The zero-order valence-corrected chi connectivity index (χ0v) is 24.8. The number of unbranched alkanes of at least 4 members (excludes halogenated alkanes) is 4. The fraction of sp³-hybridized carbons (Fsp3) is 0.938. The molecule has 0 spiro atoms. The molecule has 0 aromatic carbocycles. The molecular formula is C32H60O4. The summed E-state index contributed by atoms with van der Waals surface area (Å²) in [6, 6.07) is 0. The number of carbonyl (C=O) groups is 2. The van der Waals surface area contributed by atoms with Crippen molar-refractivity contribution in [1.29, 1.82) is 0 Å². The Bertz CT molecular complexity index is 517. The lowest BCUT2D eigenvalue weighted by molar-refractivity contribution is -0.155. The van der Waals surface area contributed by atoms with E-state index in [1.165, 1.54) is 51.4 Å². The lowest BCUT2D eigenvalue weighted by atomic mass is 9.82. The van der Waals surface area contributed by atoms with Crippen molar-refractivity contribution in [2.45, 2.75) is 144 Å². The summed E-state index contributed by atoms with van der Waals surface area (Å²) in [5.41, 5.74) is 0. The summed E-state index contributed by atoms with van der Waals surface area (Å²) in [4.78, 5) is 24.9. The van der Waals surface area contributed by atoms with Gasteiger partial charge in [0.1, 0.15) is 0 Å². The summed E-state index contributed by atoms with van der Waals surface area (Å²) in [6.45, 7) is 15.0. The van der Waals surface area contributed by atoms with Gasteiger partial charge >= 0.3 is 11.9 Å². The van der Waals surface area contributed by atoms with Gasteiger partial charge in [0.2, 0.25) is 0 Å². The third-order valence-electron chi connectivity index (χ3n) is 8.92. The first-order valence-corrected chi connectivity index (χ1v) is 15.6. The minimum absolute atomic E-state index is 0.0407. The van der Waals surface area contributed by atoms with Gasteiger partial charge in [0, 0.05) is 0 Å². The summed E-state index contributed by atoms with van der Waals surface area (Å²) in [6.07, 6.45) is 17.3. The average molecular weight is 509 g/mol. The molecule has 0 bridgehead atoms. The van der Waals surface area contributed by atoms with Crippen LogP contribution in [0.25, 0.3) is 0 Å². The quantitative estimate of drug-likeness (QED) is 0.121. The van der Waals surface area contributed by atoms with Crippen LogP contribution in [0.1, 0.15) is 144 Å². The number of carbonyl (C=O) groups excluding carboxylic acids is 2. The van der Waals surface area contributed by atoms with E-state index in [1.54, 1.807) is 0 Å². The highest BCUT2D eigenvalue weighted by Gasteiger charge is 2.31. The van der Waals surface area contributed by atoms with Crippen LogP contribution in [0.15, 0.2) is 0 Å². The Kier molecular flexibility index (Phi) is 18.3. The van der Waals surface area contributed by atoms with E-state index in [-0.39, 0.29) is 23.8 Å². The van der Waals surface area contributed by atoms with Gasteiger partial charge in [-0.1, -0.05) is 106 Å². The molecule has 4 nitrogen and oxygen atoms in total. The second kappa shape index (κ2) is 20.0. The van der Waals surface area contributed by atoms with Gasteiger partial charge < -0.3 is 9.47 Å². The van der Waals surface area contributed by atoms with E-state index in [0.29, 0.717) is 13.2 Å². The van der Waals surface area contributed by atoms with Crippen molar-refractivity contribution < 1.29 is 19.1 Å². The Labute approximate surface area is 224 Å². The Balaban J connectivity index is 2.06. The van der Waals surface area contributed by atoms with Crippen LogP contribution < -0.4 is 0 Å². The molecule has 0 amide bonds. The van der Waals surface area contributed by atoms with E-state index < -0.39 is 0 Å². The molecule has 4 atom stereocenters. The molecule has 4 unspecified atom stereocenters. The molecule has 0 N–H and O–H groups in total. The second-order valence-corrected chi connectivity index (χ2v) is 12.1. The molecule has 0 saturated heterocycles. The third kappa shape index (κ3) is 14.0. The molecule has 0 radical (unpaired) electrons. The molecule has 1 aliphatic rings. The fourth-order valence-corrected chi connectivity index (χ4v) is 5.69. The molecule has 0 aliphatic heterocycles. The monoisotopic (exact) mass is 508 g/mol. The average Bonchev–Trinajstić information content (AvgIpc) is 2.87. The van der Waals surface area contributed by atoms with Crippen molar-refractivity contribution in [3.8, 4) is 0 Å². The van der Waals surface area contributed by atoms with Gasteiger partial charge in [-0.05, 0) is 62.2 Å². The molecule has 212 valence electrons. The van der Waals surface area contributed by atoms with Gasteiger partial charge in [-0.3, -0.25) is 9.59 Å². The maximum Gasteiger partial charge on any atom is 0.308 e. The summed E-state index contributed by atoms with van der Waals surface area (Å²) in [7, 11) is 0. The molecular weight excluding hydrogens is 448 g/mol. The van der Waals surface area contributed by atoms with Gasteiger partial charge in [-0.25, -0.2) is 0 Å². The van der Waals surface area contributed by atoms with E-state index >= 15 is 0 Å². The van der Waals surface area contributed by atoms with Gasteiger partial charge in [0.25, 0.3) is 0 Å². The summed E-state index contributed by atoms with van der Waals surface area (Å²) < 4.78 is 11.1. The van der Waals surface area contributed by atoms with E-state index in [4.69, 9.17) is 9.47 Å². The lowest BCUT2D eigenvalue weighted by Gasteiger charge is -2.26. The van der Waals surface area contributed by atoms with Crippen LogP contribution in [0.3, 0.4) is 0 Å². The van der Waals surface area contributed by atoms with Crippen molar-refractivity contribution in [2.24, 2.45) is 35.5 Å². The predicted molar refractivity (Wildman–Crippen MR) is 151 cm³/mol. The van der Waals surface area contributed by atoms with E-state index in [2.05, 4.69) is 41.5 Å². The van der Waals surface area contributed by atoms with Crippen LogP contribution in [0.5, 0.6) is 0 Å². The topological polar surface area (TPSA) is 52.6 Å². The number of esters is 2. The lowest BCUT2D eigenvalue weighted by Crippen LogP contribution is -2.28. The van der Waals surface area contributed by atoms with Crippen molar-refractivity contribution in [3.05, 3.63) is 0 Å². The SMILES string of the molecule is CCCC(C)C(C)CCCCCOC(=O)C1CCC(C(=O)OCCCCCC(C)C(C)CCC)CC1. The van der Waals surface area contributed by atoms with Crippen molar-refractivity contribution >= 4 is 11.9 Å². The summed E-state index contributed by atoms with van der Waals surface area (Å²) in [5, 5.41) is 0. The molecule has 4 heteroatoms. The van der Waals surface area contributed by atoms with Gasteiger partial charge in [0.05, 0.1) is 25.0 Å². The highest BCUT2D eigenvalue weighted by molar-refractivity contribution is 5.75. The Hall–Kier alpha value is -1.06. The molecule has 36 heavy (non-hydrogen) atoms. The zero-order valence-electron chi connectivity index (χ0n) is 24.8. The fourth-order valence-electron chi connectivity index (χ4n) is 5.69. The largest absolute Gasteiger partial charge is 0.465 e. The smallest absolute Gasteiger partial charge is 0.308 e. The van der Waals surface area contributed by atoms with Gasteiger partial charge in [-0.2, -0.15) is 0 Å². The number of ether oxygens (including phenoxy) is 2. The Morgan fingerprint density at radius 2 is 0.889 bits per heavy atom. The van der Waals surface area contributed by atoms with E-state index in [0.717, 1.165) is 75.0 Å². The van der Waals surface area contributed by atoms with Gasteiger partial charge in [-0.15, -0.1) is 0 Å². The number of hydrogen-bond acceptors (Lipinski definition) is 4. The van der Waals surface area contributed by atoms with Crippen LogP contribution in [-0.2, 0) is 19.1 Å².